The summed E-state index contributed by atoms with van der Waals surface area (Å²) in [5.74, 6) is 0. The van der Waals surface area contributed by atoms with Crippen LogP contribution in [0.5, 0.6) is 0 Å². The van der Waals surface area contributed by atoms with Gasteiger partial charge in [0.05, 0.1) is 0 Å². The van der Waals surface area contributed by atoms with Crippen molar-refractivity contribution in [3.63, 3.8) is 0 Å². The molecule has 1 aliphatic rings. The summed E-state index contributed by atoms with van der Waals surface area (Å²) in [5.41, 5.74) is 6.23. The molecule has 0 unspecified atom stereocenters. The smallest absolute Gasteiger partial charge is 0.00250 e. The lowest BCUT2D eigenvalue weighted by molar-refractivity contribution is 0.589. The van der Waals surface area contributed by atoms with Crippen LogP contribution in [0.1, 0.15) is 80.4 Å². The van der Waals surface area contributed by atoms with Gasteiger partial charge in [-0.05, 0) is 67.8 Å². The summed E-state index contributed by atoms with van der Waals surface area (Å²) >= 11 is 0. The fourth-order valence-electron chi connectivity index (χ4n) is 4.68. The minimum absolute atomic E-state index is 0.174. The minimum atomic E-state index is -1.04. The zero-order chi connectivity index (χ0) is 20.4. The van der Waals surface area contributed by atoms with Crippen LogP contribution in [-0.4, -0.2) is 10.5 Å². The molecule has 0 spiro atoms. The third kappa shape index (κ3) is 3.07. The maximum Gasteiger partial charge on any atom is 0.00250 e. The molecule has 0 radical (unpaired) electrons. The first-order chi connectivity index (χ1) is 12.3. The van der Waals surface area contributed by atoms with Gasteiger partial charge in [-0.3, -0.25) is 0 Å². The van der Waals surface area contributed by atoms with Gasteiger partial charge in [0.15, 0.2) is 0 Å². The number of rotatable bonds is 2. The predicted octanol–water partition coefficient (Wildman–Crippen LogP) is 8.30. The first kappa shape index (κ1) is 20.5. The van der Waals surface area contributed by atoms with Crippen molar-refractivity contribution in [2.24, 2.45) is 0 Å². The molecular formula is C26H38S. The van der Waals surface area contributed by atoms with E-state index in [9.17, 15) is 0 Å². The molecule has 0 nitrogen and oxygen atoms in total. The van der Waals surface area contributed by atoms with E-state index in [4.69, 9.17) is 0 Å². The highest BCUT2D eigenvalue weighted by atomic mass is 32.3. The fraction of sp³-hybridized carbons (Fsp3) is 0.538. The third-order valence-electron chi connectivity index (χ3n) is 6.20. The summed E-state index contributed by atoms with van der Waals surface area (Å²) < 4.78 is 0. The Labute approximate surface area is 169 Å². The number of benzene rings is 2. The Morgan fingerprint density at radius 1 is 0.593 bits per heavy atom. The molecule has 0 aromatic heterocycles. The SMILES string of the molecule is CC(C)S1(C(C)C)c2ccc(C(C)(C)C)cc2-c2cc(C(C)(C)C)ccc21. The van der Waals surface area contributed by atoms with Crippen molar-refractivity contribution in [2.45, 2.75) is 100 Å². The Hall–Kier alpha value is -1.21. The number of fused-ring (bicyclic) bond motifs is 3. The Kier molecular flexibility index (Phi) is 4.87. The van der Waals surface area contributed by atoms with E-state index < -0.39 is 10.0 Å². The highest BCUT2D eigenvalue weighted by molar-refractivity contribution is 8.35. The van der Waals surface area contributed by atoms with Gasteiger partial charge in [0.1, 0.15) is 0 Å². The van der Waals surface area contributed by atoms with Crippen molar-refractivity contribution in [1.82, 2.24) is 0 Å². The van der Waals surface area contributed by atoms with Gasteiger partial charge < -0.3 is 0 Å². The van der Waals surface area contributed by atoms with Crippen molar-refractivity contribution >= 4 is 10.0 Å². The van der Waals surface area contributed by atoms with E-state index in [0.717, 1.165) is 0 Å². The Morgan fingerprint density at radius 2 is 0.926 bits per heavy atom. The summed E-state index contributed by atoms with van der Waals surface area (Å²) in [5, 5.41) is 1.27. The van der Waals surface area contributed by atoms with Gasteiger partial charge >= 0.3 is 0 Å². The van der Waals surface area contributed by atoms with E-state index in [2.05, 4.69) is 106 Å². The second-order valence-electron chi connectivity index (χ2n) is 10.7. The molecule has 1 heteroatoms. The standard InChI is InChI=1S/C26H38S/c1-17(2)27(18(3)4)23-13-11-19(25(5,6)7)15-21(23)22-16-20(26(8,9)10)12-14-24(22)27/h11-18H,1-10H3. The van der Waals surface area contributed by atoms with Crippen LogP contribution in [0.25, 0.3) is 11.1 Å². The summed E-state index contributed by atoms with van der Waals surface area (Å²) in [6.07, 6.45) is 0. The van der Waals surface area contributed by atoms with Crippen molar-refractivity contribution in [2.75, 3.05) is 0 Å². The molecular weight excluding hydrogens is 344 g/mol. The van der Waals surface area contributed by atoms with Crippen LogP contribution in [0.4, 0.5) is 0 Å². The Bertz CT molecular complexity index is 783. The maximum atomic E-state index is 2.50. The summed E-state index contributed by atoms with van der Waals surface area (Å²) in [6.45, 7) is 23.7. The average Bonchev–Trinajstić information content (AvgIpc) is 2.83. The molecule has 2 aromatic carbocycles. The molecule has 0 bridgehead atoms. The molecule has 1 aliphatic heterocycles. The first-order valence-electron chi connectivity index (χ1n) is 10.4. The van der Waals surface area contributed by atoms with Crippen LogP contribution >= 0.6 is 10.0 Å². The van der Waals surface area contributed by atoms with E-state index in [1.807, 2.05) is 0 Å². The van der Waals surface area contributed by atoms with Crippen LogP contribution in [0, 0.1) is 0 Å². The van der Waals surface area contributed by atoms with Crippen molar-refractivity contribution < 1.29 is 0 Å². The number of hydrogen-bond donors (Lipinski definition) is 0. The average molecular weight is 383 g/mol. The molecule has 0 atom stereocenters. The van der Waals surface area contributed by atoms with E-state index >= 15 is 0 Å². The molecule has 0 fully saturated rings. The lowest BCUT2D eigenvalue weighted by Gasteiger charge is -2.46. The van der Waals surface area contributed by atoms with Gasteiger partial charge in [-0.1, -0.05) is 81.4 Å². The minimum Gasteiger partial charge on any atom is -0.182 e. The molecule has 148 valence electrons. The van der Waals surface area contributed by atoms with Gasteiger partial charge in [0, 0.05) is 9.79 Å². The van der Waals surface area contributed by atoms with E-state index in [0.29, 0.717) is 10.5 Å². The highest BCUT2D eigenvalue weighted by Crippen LogP contribution is 2.76. The molecule has 0 N–H and O–H groups in total. The van der Waals surface area contributed by atoms with Crippen molar-refractivity contribution in [3.8, 4) is 11.1 Å². The first-order valence-corrected chi connectivity index (χ1v) is 12.2. The predicted molar refractivity (Wildman–Crippen MR) is 124 cm³/mol. The fourth-order valence-corrected chi connectivity index (χ4v) is 9.69. The second kappa shape index (κ2) is 6.41. The van der Waals surface area contributed by atoms with Gasteiger partial charge in [-0.2, -0.15) is 10.0 Å². The summed E-state index contributed by atoms with van der Waals surface area (Å²) in [4.78, 5) is 3.23. The monoisotopic (exact) mass is 382 g/mol. The van der Waals surface area contributed by atoms with Gasteiger partial charge in [-0.25, -0.2) is 0 Å². The van der Waals surface area contributed by atoms with Crippen LogP contribution in [0.3, 0.4) is 0 Å². The van der Waals surface area contributed by atoms with Crippen LogP contribution in [-0.2, 0) is 10.8 Å². The molecule has 0 aliphatic carbocycles. The quantitative estimate of drug-likeness (QED) is 0.490. The molecule has 3 rings (SSSR count). The maximum absolute atomic E-state index is 2.50. The lowest BCUT2D eigenvalue weighted by atomic mass is 9.83. The Morgan fingerprint density at radius 3 is 1.19 bits per heavy atom. The van der Waals surface area contributed by atoms with E-state index in [1.54, 1.807) is 9.79 Å². The molecule has 0 amide bonds. The molecule has 0 saturated carbocycles. The van der Waals surface area contributed by atoms with Gasteiger partial charge in [-0.15, -0.1) is 0 Å². The van der Waals surface area contributed by atoms with Gasteiger partial charge in [0.2, 0.25) is 0 Å². The topological polar surface area (TPSA) is 0 Å². The van der Waals surface area contributed by atoms with Gasteiger partial charge in [0.25, 0.3) is 0 Å². The normalized spacial score (nSPS) is 17.2. The van der Waals surface area contributed by atoms with Crippen LogP contribution < -0.4 is 0 Å². The highest BCUT2D eigenvalue weighted by Gasteiger charge is 2.44. The third-order valence-corrected chi connectivity index (χ3v) is 11.3. The Balaban J connectivity index is 2.40. The molecule has 0 saturated heterocycles. The van der Waals surface area contributed by atoms with Crippen LogP contribution in [0.15, 0.2) is 46.2 Å². The largest absolute Gasteiger partial charge is 0.182 e. The zero-order valence-corrected chi connectivity index (χ0v) is 19.8. The summed E-state index contributed by atoms with van der Waals surface area (Å²) in [6, 6.07) is 14.7. The molecule has 1 heterocycles. The van der Waals surface area contributed by atoms with Crippen LogP contribution in [0.2, 0.25) is 0 Å². The van der Waals surface area contributed by atoms with Crippen molar-refractivity contribution in [3.05, 3.63) is 47.5 Å². The van der Waals surface area contributed by atoms with Crippen molar-refractivity contribution in [1.29, 1.82) is 0 Å². The molecule has 27 heavy (non-hydrogen) atoms. The zero-order valence-electron chi connectivity index (χ0n) is 19.0. The second-order valence-corrected chi connectivity index (χ2v) is 14.9. The van der Waals surface area contributed by atoms with E-state index in [-0.39, 0.29) is 10.8 Å². The molecule has 2 aromatic rings. The lowest BCUT2D eigenvalue weighted by Crippen LogP contribution is -2.20. The van der Waals surface area contributed by atoms with E-state index in [1.165, 1.54) is 22.3 Å². The number of hydrogen-bond acceptors (Lipinski definition) is 0. The summed E-state index contributed by atoms with van der Waals surface area (Å²) in [7, 11) is -1.04.